The molecule has 8 heteroatoms. The van der Waals surface area contributed by atoms with Crippen molar-refractivity contribution in [2.24, 2.45) is 5.16 Å². The quantitative estimate of drug-likeness (QED) is 0.736. The van der Waals surface area contributed by atoms with Gasteiger partial charge in [0, 0.05) is 17.0 Å². The summed E-state index contributed by atoms with van der Waals surface area (Å²) in [5.74, 6) is 0.327. The van der Waals surface area contributed by atoms with E-state index in [0.717, 1.165) is 10.5 Å². The fourth-order valence-electron chi connectivity index (χ4n) is 3.45. The molecule has 0 aliphatic carbocycles. The van der Waals surface area contributed by atoms with Crippen LogP contribution in [0.25, 0.3) is 0 Å². The van der Waals surface area contributed by atoms with E-state index >= 15 is 0 Å². The van der Waals surface area contributed by atoms with Gasteiger partial charge in [-0.3, -0.25) is 9.59 Å². The molecule has 28 heavy (non-hydrogen) atoms. The van der Waals surface area contributed by atoms with Gasteiger partial charge in [0.2, 0.25) is 11.5 Å². The second-order valence-corrected chi connectivity index (χ2v) is 7.00. The van der Waals surface area contributed by atoms with Crippen LogP contribution in [-0.4, -0.2) is 37.3 Å². The Balaban J connectivity index is 1.61. The topological polar surface area (TPSA) is 77.4 Å². The molecule has 1 spiro atoms. The third-order valence-electron chi connectivity index (χ3n) is 4.85. The van der Waals surface area contributed by atoms with Crippen molar-refractivity contribution in [2.75, 3.05) is 19.1 Å². The highest BCUT2D eigenvalue weighted by Crippen LogP contribution is 2.40. The number of imide groups is 1. The van der Waals surface area contributed by atoms with Crippen LogP contribution in [0.4, 0.5) is 5.69 Å². The molecular weight excluding hydrogens is 384 g/mol. The Morgan fingerprint density at radius 1 is 1.07 bits per heavy atom. The molecule has 144 valence electrons. The van der Waals surface area contributed by atoms with Gasteiger partial charge in [0.25, 0.3) is 5.91 Å². The molecule has 2 heterocycles. The number of anilines is 1. The number of amides is 2. The first kappa shape index (κ1) is 18.3. The fourth-order valence-corrected chi connectivity index (χ4v) is 3.63. The maximum Gasteiger partial charge on any atom is 0.281 e. The Morgan fingerprint density at radius 3 is 2.57 bits per heavy atom. The van der Waals surface area contributed by atoms with Gasteiger partial charge >= 0.3 is 0 Å². The Kier molecular flexibility index (Phi) is 4.47. The van der Waals surface area contributed by atoms with E-state index in [1.54, 1.807) is 49.6 Å². The molecule has 1 fully saturated rings. The van der Waals surface area contributed by atoms with E-state index in [9.17, 15) is 9.59 Å². The number of methoxy groups -OCH3 is 2. The minimum absolute atomic E-state index is 0.0847. The smallest absolute Gasteiger partial charge is 0.281 e. The summed E-state index contributed by atoms with van der Waals surface area (Å²) in [6.07, 6.45) is 0.1000. The molecule has 4 rings (SSSR count). The molecule has 2 aromatic rings. The fraction of sp³-hybridized carbons (Fsp3) is 0.250. The van der Waals surface area contributed by atoms with Crippen LogP contribution in [0.5, 0.6) is 11.5 Å². The number of rotatable bonds is 4. The highest BCUT2D eigenvalue weighted by molar-refractivity contribution is 6.31. The van der Waals surface area contributed by atoms with Gasteiger partial charge < -0.3 is 14.3 Å². The maximum atomic E-state index is 13.1. The Bertz CT molecular complexity index is 1010. The van der Waals surface area contributed by atoms with Gasteiger partial charge in [-0.15, -0.1) is 0 Å². The van der Waals surface area contributed by atoms with E-state index < -0.39 is 11.5 Å². The molecule has 0 radical (unpaired) electrons. The number of hydrogen-bond acceptors (Lipinski definition) is 6. The zero-order valence-electron chi connectivity index (χ0n) is 15.3. The molecule has 2 amide bonds. The summed E-state index contributed by atoms with van der Waals surface area (Å²) in [5, 5.41) is 4.54. The Labute approximate surface area is 166 Å². The third kappa shape index (κ3) is 2.88. The molecule has 0 N–H and O–H groups in total. The van der Waals surface area contributed by atoms with Crippen LogP contribution in [0.1, 0.15) is 18.4 Å². The van der Waals surface area contributed by atoms with Crippen molar-refractivity contribution in [3.8, 4) is 11.5 Å². The van der Waals surface area contributed by atoms with Gasteiger partial charge in [0.15, 0.2) is 11.5 Å². The van der Waals surface area contributed by atoms with Crippen LogP contribution in [0.2, 0.25) is 5.02 Å². The average molecular weight is 401 g/mol. The van der Waals surface area contributed by atoms with Crippen LogP contribution >= 0.6 is 11.6 Å². The van der Waals surface area contributed by atoms with E-state index in [4.69, 9.17) is 25.9 Å². The lowest BCUT2D eigenvalue weighted by atomic mass is 9.92. The monoisotopic (exact) mass is 400 g/mol. The van der Waals surface area contributed by atoms with Crippen molar-refractivity contribution in [1.82, 2.24) is 0 Å². The number of halogens is 1. The number of oxime groups is 1. The molecule has 1 saturated heterocycles. The lowest BCUT2D eigenvalue weighted by Gasteiger charge is -2.19. The minimum Gasteiger partial charge on any atom is -0.493 e. The van der Waals surface area contributed by atoms with Gasteiger partial charge in [0.1, 0.15) is 0 Å². The van der Waals surface area contributed by atoms with Gasteiger partial charge in [-0.25, -0.2) is 4.90 Å². The van der Waals surface area contributed by atoms with E-state index in [1.165, 1.54) is 7.11 Å². The largest absolute Gasteiger partial charge is 0.493 e. The maximum absolute atomic E-state index is 13.1. The number of benzene rings is 2. The zero-order valence-corrected chi connectivity index (χ0v) is 16.0. The van der Waals surface area contributed by atoms with Crippen molar-refractivity contribution >= 4 is 34.8 Å². The van der Waals surface area contributed by atoms with Gasteiger partial charge in [-0.1, -0.05) is 22.8 Å². The summed E-state index contributed by atoms with van der Waals surface area (Å²) >= 11 is 6.00. The number of carbonyl (C=O) groups is 2. The van der Waals surface area contributed by atoms with Crippen molar-refractivity contribution in [2.45, 2.75) is 18.4 Å². The minimum atomic E-state index is -1.33. The Morgan fingerprint density at radius 2 is 1.86 bits per heavy atom. The van der Waals surface area contributed by atoms with Gasteiger partial charge in [-0.2, -0.15) is 0 Å². The third-order valence-corrected chi connectivity index (χ3v) is 5.08. The molecule has 0 aromatic heterocycles. The summed E-state index contributed by atoms with van der Waals surface area (Å²) in [4.78, 5) is 32.3. The molecule has 0 bridgehead atoms. The van der Waals surface area contributed by atoms with E-state index in [1.807, 2.05) is 0 Å². The standard InChI is InChI=1S/C20H17ClN2O5/c1-26-16-7-6-12(8-17(16)27-2)15-10-20(28-22-15)11-18(24)23(19(20)25)14-5-3-4-13(21)9-14/h3-9H,10-11H2,1-2H3. The predicted octanol–water partition coefficient (Wildman–Crippen LogP) is 3.18. The average Bonchev–Trinajstić information content (AvgIpc) is 3.22. The summed E-state index contributed by atoms with van der Waals surface area (Å²) in [6.45, 7) is 0. The zero-order chi connectivity index (χ0) is 19.9. The number of hydrogen-bond donors (Lipinski definition) is 0. The van der Waals surface area contributed by atoms with Crippen LogP contribution in [0, 0.1) is 0 Å². The highest BCUT2D eigenvalue weighted by atomic mass is 35.5. The predicted molar refractivity (Wildman–Crippen MR) is 103 cm³/mol. The number of ether oxygens (including phenoxy) is 2. The second-order valence-electron chi connectivity index (χ2n) is 6.56. The van der Waals surface area contributed by atoms with Crippen molar-refractivity contribution in [3.05, 3.63) is 53.1 Å². The molecule has 2 aromatic carbocycles. The molecular formula is C20H17ClN2O5. The summed E-state index contributed by atoms with van der Waals surface area (Å²) in [6, 6.07) is 11.9. The molecule has 1 atom stereocenters. The number of nitrogens with zero attached hydrogens (tertiary/aromatic N) is 2. The second kappa shape index (κ2) is 6.83. The lowest BCUT2D eigenvalue weighted by Crippen LogP contribution is -2.40. The molecule has 1 unspecified atom stereocenters. The van der Waals surface area contributed by atoms with Crippen LogP contribution < -0.4 is 14.4 Å². The first-order valence-corrected chi connectivity index (χ1v) is 8.95. The normalized spacial score (nSPS) is 21.1. The molecule has 2 aliphatic heterocycles. The van der Waals surface area contributed by atoms with Gasteiger partial charge in [-0.05, 0) is 36.4 Å². The molecule has 0 saturated carbocycles. The van der Waals surface area contributed by atoms with E-state index in [2.05, 4.69) is 5.16 Å². The van der Waals surface area contributed by atoms with Gasteiger partial charge in [0.05, 0.1) is 32.0 Å². The molecule has 7 nitrogen and oxygen atoms in total. The first-order valence-electron chi connectivity index (χ1n) is 8.58. The first-order chi connectivity index (χ1) is 13.5. The number of carbonyl (C=O) groups excluding carboxylic acids is 2. The van der Waals surface area contributed by atoms with E-state index in [-0.39, 0.29) is 18.7 Å². The summed E-state index contributed by atoms with van der Waals surface area (Å²) < 4.78 is 10.6. The molecule has 2 aliphatic rings. The van der Waals surface area contributed by atoms with Crippen molar-refractivity contribution in [3.63, 3.8) is 0 Å². The van der Waals surface area contributed by atoms with E-state index in [0.29, 0.717) is 27.9 Å². The van der Waals surface area contributed by atoms with Crippen LogP contribution in [0.15, 0.2) is 47.6 Å². The van der Waals surface area contributed by atoms with Crippen LogP contribution in [-0.2, 0) is 14.4 Å². The lowest BCUT2D eigenvalue weighted by molar-refractivity contribution is -0.136. The summed E-state index contributed by atoms with van der Waals surface area (Å²) in [5.41, 5.74) is 0.385. The Hall–Kier alpha value is -3.06. The van der Waals surface area contributed by atoms with Crippen LogP contribution in [0.3, 0.4) is 0 Å². The highest BCUT2D eigenvalue weighted by Gasteiger charge is 2.58. The van der Waals surface area contributed by atoms with Crippen molar-refractivity contribution < 1.29 is 23.9 Å². The summed E-state index contributed by atoms with van der Waals surface area (Å²) in [7, 11) is 3.09. The SMILES string of the molecule is COc1ccc(C2=NOC3(CC(=O)N(c4cccc(Cl)c4)C3=O)C2)cc1OC. The van der Waals surface area contributed by atoms with Crippen molar-refractivity contribution in [1.29, 1.82) is 0 Å².